The van der Waals surface area contributed by atoms with Gasteiger partial charge in [0.15, 0.2) is 12.5 Å². The smallest absolute Gasteiger partial charge is 0.476 e. The Labute approximate surface area is 304 Å². The molecule has 2 aliphatic heterocycles. The zero-order chi connectivity index (χ0) is 39.3. The monoisotopic (exact) mass is 894 g/mol. The Hall–Kier alpha value is -2.56. The van der Waals surface area contributed by atoms with Crippen LogP contribution in [0.3, 0.4) is 0 Å². The summed E-state index contributed by atoms with van der Waals surface area (Å²) in [4.78, 5) is 105. The molecule has 2 saturated heterocycles. The average Bonchev–Trinajstić information content (AvgIpc) is 3.40. The Morgan fingerprint density at radius 1 is 0.618 bits per heavy atom. The van der Waals surface area contributed by atoms with Crippen molar-refractivity contribution in [3.05, 3.63) is 66.2 Å². The normalized spacial score (nSPS) is 26.7. The third-order valence-corrected chi connectivity index (χ3v) is 10.7. The second-order valence-electron chi connectivity index (χ2n) is 9.57. The number of aliphatic hydroxyl groups excluding tert-OH is 6. The van der Waals surface area contributed by atoms with Crippen LogP contribution in [0.2, 0.25) is 0 Å². The molecule has 0 bridgehead atoms. The molecule has 2 aromatic rings. The van der Waals surface area contributed by atoms with Crippen LogP contribution in [0.4, 0.5) is 0 Å². The van der Waals surface area contributed by atoms with Crippen molar-refractivity contribution in [2.75, 3.05) is 13.2 Å². The van der Waals surface area contributed by atoms with E-state index < -0.39 is 116 Å². The largest absolute Gasteiger partial charge is 0.790 e. The number of ether oxygens (including phenoxy) is 2. The maximum Gasteiger partial charge on any atom is 0.476 e. The molecule has 324 valence electrons. The highest BCUT2D eigenvalue weighted by atomic mass is 31.3. The standard InChI is InChI=1S/2C9H12N2O6.4H3N.H6O13P4/c2*12-3-4-6(14)7(15)8(17-4)11-2-1-5(13)10-9(11)16;;;;;1-14(2,3)11-16(7,8)13-17(9,10)12-15(4,5)6/h2*1-2,4,6-8,12,14-15H,3H2,(H,10,13,16);4*1H3;(H,7,8)(H,9,10)(H2,1,2,3)(H2,4,5,6)/t2*4-,6-,7-,8-;;;;;/m11...../s1. The number of rotatable bonds is 10. The summed E-state index contributed by atoms with van der Waals surface area (Å²) in [6.07, 6.45) is -7.16. The van der Waals surface area contributed by atoms with Crippen LogP contribution < -0.4 is 66.7 Å². The molecule has 0 amide bonds. The Kier molecular flexibility index (Phi) is 23.1. The van der Waals surface area contributed by atoms with Gasteiger partial charge in [0.2, 0.25) is 0 Å². The van der Waals surface area contributed by atoms with Crippen molar-refractivity contribution in [3.8, 4) is 0 Å². The van der Waals surface area contributed by atoms with Crippen LogP contribution in [0.25, 0.3) is 0 Å². The molecule has 2 unspecified atom stereocenters. The van der Waals surface area contributed by atoms with Gasteiger partial charge in [-0.15, -0.1) is 0 Å². The summed E-state index contributed by atoms with van der Waals surface area (Å²) in [5.74, 6) is 0. The van der Waals surface area contributed by atoms with E-state index in [9.17, 15) is 77.4 Å². The fraction of sp³-hybridized carbons (Fsp3) is 0.556. The van der Waals surface area contributed by atoms with Crippen LogP contribution in [-0.4, -0.2) is 109 Å². The Morgan fingerprint density at radius 3 is 1.20 bits per heavy atom. The maximum absolute atomic E-state index is 11.4. The highest BCUT2D eigenvalue weighted by molar-refractivity contribution is 7.68. The lowest BCUT2D eigenvalue weighted by atomic mass is 10.1. The Balaban J connectivity index is -0.000000712. The van der Waals surface area contributed by atoms with Crippen molar-refractivity contribution < 1.29 is 101 Å². The first-order valence-electron chi connectivity index (χ1n) is 12.9. The highest BCUT2D eigenvalue weighted by Gasteiger charge is 2.44. The van der Waals surface area contributed by atoms with E-state index >= 15 is 0 Å². The highest BCUT2D eigenvalue weighted by Crippen LogP contribution is 2.65. The van der Waals surface area contributed by atoms with Crippen molar-refractivity contribution in [3.63, 3.8) is 0 Å². The maximum atomic E-state index is 11.4. The van der Waals surface area contributed by atoms with Crippen molar-refractivity contribution in [1.29, 1.82) is 0 Å². The van der Waals surface area contributed by atoms with E-state index in [-0.39, 0.29) is 24.6 Å². The second-order valence-corrected chi connectivity index (χ2v) is 15.2. The Morgan fingerprint density at radius 2 is 0.945 bits per heavy atom. The Bertz CT molecular complexity index is 1790. The van der Waals surface area contributed by atoms with E-state index in [1.54, 1.807) is 0 Å². The van der Waals surface area contributed by atoms with Gasteiger partial charge in [0, 0.05) is 24.5 Å². The third kappa shape index (κ3) is 17.2. The quantitative estimate of drug-likeness (QED) is 0.0985. The van der Waals surface area contributed by atoms with Crippen LogP contribution in [-0.2, 0) is 40.7 Å². The van der Waals surface area contributed by atoms with Gasteiger partial charge in [-0.05, 0) is 0 Å². The van der Waals surface area contributed by atoms with Crippen LogP contribution in [0.15, 0.2) is 43.7 Å². The van der Waals surface area contributed by atoms with Crippen LogP contribution in [0.5, 0.6) is 0 Å². The number of aliphatic hydroxyl groups is 6. The number of aromatic amines is 2. The summed E-state index contributed by atoms with van der Waals surface area (Å²) in [5.41, 5.74) is -2.66. The molecular formula is C18H42N8O25P4. The molecule has 0 saturated carbocycles. The van der Waals surface area contributed by atoms with Gasteiger partial charge in [0.05, 0.1) is 21.0 Å². The first-order chi connectivity index (χ1) is 23.2. The second kappa shape index (κ2) is 22.4. The molecule has 37 heteroatoms. The van der Waals surface area contributed by atoms with Gasteiger partial charge in [-0.2, -0.15) is 0 Å². The first kappa shape index (κ1) is 56.8. The van der Waals surface area contributed by atoms with Gasteiger partial charge < -0.3 is 98.6 Å². The molecule has 0 radical (unpaired) electrons. The average molecular weight is 894 g/mol. The summed E-state index contributed by atoms with van der Waals surface area (Å²) in [7, 11) is -24.1. The predicted octanol–water partition coefficient (Wildman–Crippen LogP) is -7.30. The molecule has 4 rings (SSSR count). The number of aromatic nitrogens is 4. The molecule has 55 heavy (non-hydrogen) atoms. The predicted molar refractivity (Wildman–Crippen MR) is 171 cm³/mol. The molecule has 10 atom stereocenters. The topological polar surface area (TPSA) is 624 Å². The fourth-order valence-corrected chi connectivity index (χ4v) is 7.66. The van der Waals surface area contributed by atoms with Crippen molar-refractivity contribution in [2.24, 2.45) is 0 Å². The summed E-state index contributed by atoms with van der Waals surface area (Å²) in [6, 6.07) is 2.19. The number of hydrogen-bond acceptors (Lipinski definition) is 23. The van der Waals surface area contributed by atoms with E-state index in [1.807, 2.05) is 9.97 Å². The number of H-pyrrole nitrogens is 2. The van der Waals surface area contributed by atoms with E-state index in [2.05, 4.69) is 12.9 Å². The lowest BCUT2D eigenvalue weighted by Crippen LogP contribution is -2.37. The first-order valence-corrected chi connectivity index (χ1v) is 18.8. The molecule has 2 fully saturated rings. The van der Waals surface area contributed by atoms with E-state index in [0.29, 0.717) is 0 Å². The van der Waals surface area contributed by atoms with Gasteiger partial charge in [-0.25, -0.2) is 22.8 Å². The third-order valence-electron chi connectivity index (χ3n) is 5.89. The summed E-state index contributed by atoms with van der Waals surface area (Å²) in [5, 5.41) is 56.1. The van der Waals surface area contributed by atoms with Crippen molar-refractivity contribution >= 4 is 31.3 Å². The number of quaternary nitrogens is 4. The molecule has 26 N–H and O–H groups in total. The number of phosphoric acid groups is 4. The molecule has 0 spiro atoms. The molecule has 2 aliphatic rings. The van der Waals surface area contributed by atoms with E-state index in [4.69, 9.17) is 29.5 Å². The van der Waals surface area contributed by atoms with Crippen LogP contribution in [0.1, 0.15) is 12.5 Å². The number of nitrogens with zero attached hydrogens (tertiary/aromatic N) is 2. The van der Waals surface area contributed by atoms with Crippen molar-refractivity contribution in [2.45, 2.75) is 49.1 Å². The zero-order valence-corrected chi connectivity index (χ0v) is 32.1. The lowest BCUT2D eigenvalue weighted by molar-refractivity contribution is -0.339. The molecule has 4 heterocycles. The van der Waals surface area contributed by atoms with Crippen molar-refractivity contribution in [1.82, 2.24) is 43.7 Å². The van der Waals surface area contributed by atoms with Crippen LogP contribution >= 0.6 is 31.3 Å². The minimum atomic E-state index is -6.20. The summed E-state index contributed by atoms with van der Waals surface area (Å²) >= 11 is 0. The molecule has 0 aliphatic carbocycles. The van der Waals surface area contributed by atoms with Gasteiger partial charge in [0.1, 0.15) is 36.6 Å². The van der Waals surface area contributed by atoms with Gasteiger partial charge in [0.25, 0.3) is 26.8 Å². The van der Waals surface area contributed by atoms with Gasteiger partial charge in [-0.3, -0.25) is 42.1 Å². The van der Waals surface area contributed by atoms with E-state index in [0.717, 1.165) is 33.7 Å². The molecule has 2 aromatic heterocycles. The molecular weight excluding hydrogens is 852 g/mol. The van der Waals surface area contributed by atoms with Crippen LogP contribution in [0, 0.1) is 0 Å². The number of nitrogens with one attached hydrogen (secondary N) is 2. The SMILES string of the molecule is O=P([O-])([O-])OP(=O)([O-])OP(=O)([O-])OP(=O)(O)O.O=c1ccn([C@@H]2O[C@H](CO)[C@@H](O)[C@H]2O)c(=O)[nH]1.O=c1ccn([C@@H]2O[C@H](CO)[C@@H](O)[C@H]2O)c(=O)[nH]1.[NH4+].[NH4+].[NH4+].[NH4+]. The van der Waals surface area contributed by atoms with Gasteiger partial charge >= 0.3 is 19.2 Å². The fourth-order valence-electron chi connectivity index (χ4n) is 3.88. The molecule has 0 aromatic carbocycles. The summed E-state index contributed by atoms with van der Waals surface area (Å²) < 4.78 is 61.4. The molecule has 33 nitrogen and oxygen atoms in total. The van der Waals surface area contributed by atoms with Gasteiger partial charge in [-0.1, -0.05) is 0 Å². The lowest BCUT2D eigenvalue weighted by Gasteiger charge is -2.37. The summed E-state index contributed by atoms with van der Waals surface area (Å²) in [6.45, 7) is -0.959. The minimum Gasteiger partial charge on any atom is -0.790 e. The minimum absolute atomic E-state index is 0. The number of hydrogen-bond donors (Lipinski definition) is 14. The zero-order valence-electron chi connectivity index (χ0n) is 28.5. The van der Waals surface area contributed by atoms with E-state index in [1.165, 1.54) is 0 Å².